The normalized spacial score (nSPS) is 11.9. The second-order valence-corrected chi connectivity index (χ2v) is 13.8. The van der Waals surface area contributed by atoms with Crippen molar-refractivity contribution in [3.8, 4) is 34.4 Å². The van der Waals surface area contributed by atoms with E-state index in [2.05, 4.69) is 137 Å². The van der Waals surface area contributed by atoms with E-state index >= 15 is 0 Å². The molecule has 5 heterocycles. The summed E-state index contributed by atoms with van der Waals surface area (Å²) in [5, 5.41) is 5.92. The van der Waals surface area contributed by atoms with Crippen LogP contribution in [0.5, 0.6) is 0 Å². The van der Waals surface area contributed by atoms with Crippen LogP contribution in [0.2, 0.25) is 0 Å². The van der Waals surface area contributed by atoms with Gasteiger partial charge >= 0.3 is 0 Å². The highest BCUT2D eigenvalue weighted by Crippen LogP contribution is 2.41. The molecule has 0 N–H and O–H groups in total. The Labute approximate surface area is 295 Å². The largest absolute Gasteiger partial charge is 0.307 e. The topological polar surface area (TPSA) is 61.4 Å². The van der Waals surface area contributed by atoms with E-state index in [9.17, 15) is 0 Å². The van der Waals surface area contributed by atoms with Crippen molar-refractivity contribution in [3.05, 3.63) is 158 Å². The minimum Gasteiger partial charge on any atom is -0.307 e. The van der Waals surface area contributed by atoms with Gasteiger partial charge in [-0.3, -0.25) is 9.55 Å². The summed E-state index contributed by atoms with van der Waals surface area (Å²) in [5.74, 6) is 1.78. The Hall–Kier alpha value is -6.70. The molecule has 238 valence electrons. The fraction of sp³-hybridized carbons (Fsp3) is 0. The molecule has 0 atom stereocenters. The molecular weight excluding hydrogens is 645 g/mol. The van der Waals surface area contributed by atoms with Crippen molar-refractivity contribution in [1.82, 2.24) is 29.1 Å². The number of rotatable bonds is 4. The monoisotopic (exact) mass is 670 g/mol. The Morgan fingerprint density at radius 3 is 2.00 bits per heavy atom. The highest BCUT2D eigenvalue weighted by Gasteiger charge is 2.22. The number of hydrogen-bond donors (Lipinski definition) is 0. The van der Waals surface area contributed by atoms with Crippen LogP contribution in [-0.2, 0) is 0 Å². The molecule has 0 aliphatic carbocycles. The second-order valence-electron chi connectivity index (χ2n) is 12.7. The van der Waals surface area contributed by atoms with Gasteiger partial charge in [-0.05, 0) is 54.6 Å². The van der Waals surface area contributed by atoms with Gasteiger partial charge in [0.05, 0.1) is 33.3 Å². The number of fused-ring (bicyclic) bond motifs is 9. The summed E-state index contributed by atoms with van der Waals surface area (Å²) in [6.07, 6.45) is 1.85. The summed E-state index contributed by atoms with van der Waals surface area (Å²) in [6.45, 7) is 0. The lowest BCUT2D eigenvalue weighted by atomic mass is 10.1. The van der Waals surface area contributed by atoms with Crippen LogP contribution in [0.15, 0.2) is 158 Å². The zero-order valence-corrected chi connectivity index (χ0v) is 27.9. The van der Waals surface area contributed by atoms with E-state index in [4.69, 9.17) is 19.9 Å². The van der Waals surface area contributed by atoms with Gasteiger partial charge in [-0.2, -0.15) is 9.97 Å². The Balaban J connectivity index is 1.23. The molecule has 0 radical (unpaired) electrons. The molecule has 0 saturated heterocycles. The van der Waals surface area contributed by atoms with E-state index in [1.165, 1.54) is 25.6 Å². The first kappa shape index (κ1) is 28.2. The van der Waals surface area contributed by atoms with Gasteiger partial charge in [-0.25, -0.2) is 4.98 Å². The van der Waals surface area contributed by atoms with Gasteiger partial charge in [-0.1, -0.05) is 97.1 Å². The summed E-state index contributed by atoms with van der Waals surface area (Å²) in [6, 6.07) is 52.9. The first-order valence-corrected chi connectivity index (χ1v) is 17.7. The van der Waals surface area contributed by atoms with Crippen molar-refractivity contribution in [2.45, 2.75) is 0 Å². The molecule has 6 nitrogen and oxygen atoms in total. The van der Waals surface area contributed by atoms with Gasteiger partial charge in [0.15, 0.2) is 11.6 Å². The molecule has 0 unspecified atom stereocenters. The minimum atomic E-state index is 0.572. The predicted molar refractivity (Wildman–Crippen MR) is 210 cm³/mol. The van der Waals surface area contributed by atoms with E-state index in [-0.39, 0.29) is 0 Å². The Morgan fingerprint density at radius 1 is 0.431 bits per heavy atom. The van der Waals surface area contributed by atoms with E-state index in [0.717, 1.165) is 55.2 Å². The van der Waals surface area contributed by atoms with Crippen molar-refractivity contribution in [2.75, 3.05) is 0 Å². The average Bonchev–Trinajstić information content (AvgIpc) is 3.84. The second kappa shape index (κ2) is 10.9. The molecule has 0 amide bonds. The van der Waals surface area contributed by atoms with Gasteiger partial charge in [0, 0.05) is 53.7 Å². The third kappa shape index (κ3) is 4.22. The molecule has 0 spiro atoms. The number of para-hydroxylation sites is 3. The maximum atomic E-state index is 5.35. The Kier molecular flexibility index (Phi) is 6.02. The average molecular weight is 671 g/mol. The van der Waals surface area contributed by atoms with Crippen molar-refractivity contribution >= 4 is 75.3 Å². The quantitative estimate of drug-likeness (QED) is 0.187. The van der Waals surface area contributed by atoms with Crippen LogP contribution in [0.1, 0.15) is 0 Å². The molecule has 51 heavy (non-hydrogen) atoms. The molecule has 0 bridgehead atoms. The van der Waals surface area contributed by atoms with E-state index < -0.39 is 0 Å². The molecule has 0 saturated carbocycles. The van der Waals surface area contributed by atoms with Crippen LogP contribution in [0.4, 0.5) is 0 Å². The summed E-state index contributed by atoms with van der Waals surface area (Å²) < 4.78 is 7.03. The van der Waals surface area contributed by atoms with Crippen molar-refractivity contribution in [1.29, 1.82) is 0 Å². The fourth-order valence-electron chi connectivity index (χ4n) is 7.60. The van der Waals surface area contributed by atoms with Crippen LogP contribution >= 0.6 is 11.3 Å². The number of thiophene rings is 1. The Morgan fingerprint density at radius 2 is 1.12 bits per heavy atom. The third-order valence-corrected chi connectivity index (χ3v) is 11.0. The van der Waals surface area contributed by atoms with Crippen molar-refractivity contribution in [2.24, 2.45) is 0 Å². The highest BCUT2D eigenvalue weighted by molar-refractivity contribution is 7.25. The van der Waals surface area contributed by atoms with Gasteiger partial charge in [-0.15, -0.1) is 11.3 Å². The van der Waals surface area contributed by atoms with Crippen LogP contribution < -0.4 is 0 Å². The van der Waals surface area contributed by atoms with Gasteiger partial charge in [0.1, 0.15) is 0 Å². The maximum Gasteiger partial charge on any atom is 0.238 e. The SMILES string of the molecule is c1ccc(-c2nc(-c3ccccc3-n3c4ccccc4c4ncccc43)nc(-n3c4ccccc4c4cc5sc6ccccc6c5cc43)n2)cc1. The van der Waals surface area contributed by atoms with Crippen LogP contribution in [-0.4, -0.2) is 29.1 Å². The molecule has 7 heteroatoms. The third-order valence-electron chi connectivity index (χ3n) is 9.84. The summed E-state index contributed by atoms with van der Waals surface area (Å²) in [7, 11) is 0. The molecule has 0 aliphatic rings. The fourth-order valence-corrected chi connectivity index (χ4v) is 8.73. The molecule has 11 rings (SSSR count). The van der Waals surface area contributed by atoms with E-state index in [0.29, 0.717) is 17.6 Å². The van der Waals surface area contributed by atoms with Crippen LogP contribution in [0.25, 0.3) is 98.3 Å². The number of benzene rings is 6. The van der Waals surface area contributed by atoms with Gasteiger partial charge in [0.2, 0.25) is 5.95 Å². The van der Waals surface area contributed by atoms with Gasteiger partial charge < -0.3 is 4.57 Å². The van der Waals surface area contributed by atoms with Crippen molar-refractivity contribution < 1.29 is 0 Å². The minimum absolute atomic E-state index is 0.572. The summed E-state index contributed by atoms with van der Waals surface area (Å²) in [4.78, 5) is 20.6. The number of hydrogen-bond acceptors (Lipinski definition) is 5. The smallest absolute Gasteiger partial charge is 0.238 e. The van der Waals surface area contributed by atoms with E-state index in [1.807, 2.05) is 41.8 Å². The van der Waals surface area contributed by atoms with Crippen LogP contribution in [0.3, 0.4) is 0 Å². The lowest BCUT2D eigenvalue weighted by Crippen LogP contribution is -2.07. The summed E-state index contributed by atoms with van der Waals surface area (Å²) >= 11 is 1.83. The van der Waals surface area contributed by atoms with Crippen LogP contribution in [0, 0.1) is 0 Å². The first-order valence-electron chi connectivity index (χ1n) is 16.9. The highest BCUT2D eigenvalue weighted by atomic mass is 32.1. The zero-order chi connectivity index (χ0) is 33.5. The zero-order valence-electron chi connectivity index (χ0n) is 27.1. The predicted octanol–water partition coefficient (Wildman–Crippen LogP) is 11.2. The molecule has 5 aromatic heterocycles. The Bertz CT molecular complexity index is 3100. The maximum absolute atomic E-state index is 5.35. The molecule has 0 aliphatic heterocycles. The number of nitrogens with zero attached hydrogens (tertiary/aromatic N) is 6. The van der Waals surface area contributed by atoms with Crippen molar-refractivity contribution in [3.63, 3.8) is 0 Å². The lowest BCUT2D eigenvalue weighted by molar-refractivity contribution is 0.952. The summed E-state index contributed by atoms with van der Waals surface area (Å²) in [5.41, 5.74) is 7.97. The van der Waals surface area contributed by atoms with Gasteiger partial charge in [0.25, 0.3) is 0 Å². The molecule has 11 aromatic rings. The first-order chi connectivity index (χ1) is 25.3. The molecular formula is C44H26N6S. The lowest BCUT2D eigenvalue weighted by Gasteiger charge is -2.15. The number of aromatic nitrogens is 6. The molecule has 0 fully saturated rings. The number of pyridine rings is 1. The van der Waals surface area contributed by atoms with E-state index in [1.54, 1.807) is 0 Å². The standard InChI is InChI=1S/C44H26N6S/c1-2-13-27(14-3-1)42-46-43(31-18-6-10-21-36(31)49-35-20-9-5-17-30(35)41-37(49)22-12-24-45-41)48-44(47-42)50-34-19-8-4-15-28(34)32-26-40-33(25-38(32)50)29-16-7-11-23-39(29)51-40/h1-26H. The molecule has 6 aromatic carbocycles.